The molecule has 0 saturated carbocycles. The van der Waals surface area contributed by atoms with E-state index in [0.717, 1.165) is 0 Å². The average molecular weight is 254 g/mol. The fourth-order valence-corrected chi connectivity index (χ4v) is 1.25. The van der Waals surface area contributed by atoms with Crippen molar-refractivity contribution < 1.29 is 19.4 Å². The molecular formula is C12H18N2O4. The van der Waals surface area contributed by atoms with Crippen molar-refractivity contribution in [2.45, 2.75) is 33.0 Å². The van der Waals surface area contributed by atoms with E-state index in [1.165, 1.54) is 19.4 Å². The van der Waals surface area contributed by atoms with Gasteiger partial charge < -0.3 is 14.6 Å². The number of aliphatic hydroxyl groups excluding tert-OH is 1. The minimum Gasteiger partial charge on any atom is -0.493 e. The van der Waals surface area contributed by atoms with Gasteiger partial charge in [-0.25, -0.2) is 4.79 Å². The second-order valence-corrected chi connectivity index (χ2v) is 4.66. The number of amides is 1. The Bertz CT molecular complexity index is 427. The Morgan fingerprint density at radius 1 is 1.50 bits per heavy atom. The summed E-state index contributed by atoms with van der Waals surface area (Å²) in [4.78, 5) is 15.6. The summed E-state index contributed by atoms with van der Waals surface area (Å²) in [7, 11) is 1.47. The molecule has 100 valence electrons. The second kappa shape index (κ2) is 5.68. The molecule has 0 aromatic carbocycles. The smallest absolute Gasteiger partial charge is 0.412 e. The summed E-state index contributed by atoms with van der Waals surface area (Å²) in [5.74, 6) is 0.401. The zero-order chi connectivity index (χ0) is 13.8. The van der Waals surface area contributed by atoms with Crippen molar-refractivity contribution in [1.29, 1.82) is 0 Å². The van der Waals surface area contributed by atoms with Crippen LogP contribution in [-0.4, -0.2) is 28.9 Å². The van der Waals surface area contributed by atoms with Gasteiger partial charge in [-0.3, -0.25) is 10.3 Å². The van der Waals surface area contributed by atoms with Gasteiger partial charge in [0.1, 0.15) is 5.60 Å². The van der Waals surface area contributed by atoms with E-state index in [4.69, 9.17) is 14.6 Å². The van der Waals surface area contributed by atoms with Crippen molar-refractivity contribution in [3.8, 4) is 5.75 Å². The fourth-order valence-electron chi connectivity index (χ4n) is 1.25. The van der Waals surface area contributed by atoms with Gasteiger partial charge in [-0.05, 0) is 26.8 Å². The molecule has 0 atom stereocenters. The third kappa shape index (κ3) is 4.21. The quantitative estimate of drug-likeness (QED) is 0.861. The lowest BCUT2D eigenvalue weighted by atomic mass is 10.2. The molecule has 0 spiro atoms. The van der Waals surface area contributed by atoms with E-state index in [9.17, 15) is 4.79 Å². The van der Waals surface area contributed by atoms with Crippen LogP contribution in [0.3, 0.4) is 0 Å². The summed E-state index contributed by atoms with van der Waals surface area (Å²) in [6.07, 6.45) is 0.842. The fraction of sp³-hybridized carbons (Fsp3) is 0.500. The van der Waals surface area contributed by atoms with Crippen LogP contribution >= 0.6 is 0 Å². The van der Waals surface area contributed by atoms with Gasteiger partial charge in [-0.15, -0.1) is 0 Å². The molecule has 0 aliphatic heterocycles. The van der Waals surface area contributed by atoms with Gasteiger partial charge in [0.15, 0.2) is 5.75 Å². The minimum atomic E-state index is -0.587. The molecular weight excluding hydrogens is 236 g/mol. The van der Waals surface area contributed by atoms with Gasteiger partial charge in [-0.1, -0.05) is 0 Å². The number of aliphatic hydroxyl groups is 1. The lowest BCUT2D eigenvalue weighted by Gasteiger charge is -2.20. The number of pyridine rings is 1. The number of nitrogens with zero attached hydrogens (tertiary/aromatic N) is 1. The lowest BCUT2D eigenvalue weighted by Crippen LogP contribution is -2.27. The standard InChI is InChI=1S/C12H18N2O4/c1-12(2,3)18-11(16)14-9-5-8(7-15)13-6-10(9)17-4/h5-6,15H,7H2,1-4H3,(H,13,14,16). The van der Waals surface area contributed by atoms with Crippen LogP contribution in [0, 0.1) is 0 Å². The van der Waals surface area contributed by atoms with Crippen molar-refractivity contribution in [2.75, 3.05) is 12.4 Å². The zero-order valence-electron chi connectivity index (χ0n) is 11.0. The third-order valence-electron chi connectivity index (χ3n) is 1.94. The van der Waals surface area contributed by atoms with E-state index < -0.39 is 11.7 Å². The Balaban J connectivity index is 2.85. The van der Waals surface area contributed by atoms with Crippen molar-refractivity contribution in [2.24, 2.45) is 0 Å². The first-order chi connectivity index (χ1) is 8.35. The molecule has 0 aliphatic carbocycles. The molecule has 0 aliphatic rings. The Hall–Kier alpha value is -1.82. The molecule has 0 radical (unpaired) electrons. The van der Waals surface area contributed by atoms with Crippen molar-refractivity contribution >= 4 is 11.8 Å². The Morgan fingerprint density at radius 2 is 2.17 bits per heavy atom. The predicted octanol–water partition coefficient (Wildman–Crippen LogP) is 1.93. The first-order valence-corrected chi connectivity index (χ1v) is 5.49. The molecule has 1 aromatic rings. The number of methoxy groups -OCH3 is 1. The van der Waals surface area contributed by atoms with Gasteiger partial charge in [-0.2, -0.15) is 0 Å². The van der Waals surface area contributed by atoms with Crippen molar-refractivity contribution in [3.05, 3.63) is 18.0 Å². The highest BCUT2D eigenvalue weighted by molar-refractivity contribution is 5.86. The first-order valence-electron chi connectivity index (χ1n) is 5.49. The van der Waals surface area contributed by atoms with E-state index in [1.807, 2.05) is 0 Å². The summed E-state index contributed by atoms with van der Waals surface area (Å²) in [6, 6.07) is 1.53. The van der Waals surface area contributed by atoms with Gasteiger partial charge in [0, 0.05) is 0 Å². The zero-order valence-corrected chi connectivity index (χ0v) is 11.0. The van der Waals surface area contributed by atoms with Crippen LogP contribution in [-0.2, 0) is 11.3 Å². The minimum absolute atomic E-state index is 0.215. The number of anilines is 1. The maximum Gasteiger partial charge on any atom is 0.412 e. The Kier molecular flexibility index (Phi) is 4.49. The number of aromatic nitrogens is 1. The predicted molar refractivity (Wildman–Crippen MR) is 66.6 cm³/mol. The first kappa shape index (κ1) is 14.2. The topological polar surface area (TPSA) is 80.7 Å². The maximum atomic E-state index is 11.6. The highest BCUT2D eigenvalue weighted by Gasteiger charge is 2.17. The number of carbonyl (C=O) groups excluding carboxylic acids is 1. The number of ether oxygens (including phenoxy) is 2. The Labute approximate surface area is 106 Å². The van der Waals surface area contributed by atoms with E-state index in [-0.39, 0.29) is 6.61 Å². The van der Waals surface area contributed by atoms with Gasteiger partial charge in [0.2, 0.25) is 0 Å². The molecule has 6 heteroatoms. The largest absolute Gasteiger partial charge is 0.493 e. The summed E-state index contributed by atoms with van der Waals surface area (Å²) >= 11 is 0. The van der Waals surface area contributed by atoms with Crippen LogP contribution in [0.2, 0.25) is 0 Å². The lowest BCUT2D eigenvalue weighted by molar-refractivity contribution is 0.0635. The molecule has 0 unspecified atom stereocenters. The molecule has 18 heavy (non-hydrogen) atoms. The molecule has 1 heterocycles. The average Bonchev–Trinajstić information content (AvgIpc) is 2.26. The number of hydrogen-bond donors (Lipinski definition) is 2. The summed E-state index contributed by atoms with van der Waals surface area (Å²) in [5, 5.41) is 11.6. The monoisotopic (exact) mass is 254 g/mol. The van der Waals surface area contributed by atoms with E-state index >= 15 is 0 Å². The van der Waals surface area contributed by atoms with E-state index in [1.54, 1.807) is 20.8 Å². The van der Waals surface area contributed by atoms with E-state index in [2.05, 4.69) is 10.3 Å². The number of hydrogen-bond acceptors (Lipinski definition) is 5. The highest BCUT2D eigenvalue weighted by atomic mass is 16.6. The van der Waals surface area contributed by atoms with Gasteiger partial charge in [0.25, 0.3) is 0 Å². The van der Waals surface area contributed by atoms with Crippen LogP contribution in [0.15, 0.2) is 12.3 Å². The van der Waals surface area contributed by atoms with Crippen molar-refractivity contribution in [1.82, 2.24) is 4.98 Å². The molecule has 0 fully saturated rings. The Morgan fingerprint density at radius 3 is 2.67 bits per heavy atom. The van der Waals surface area contributed by atoms with Crippen molar-refractivity contribution in [3.63, 3.8) is 0 Å². The van der Waals surface area contributed by atoms with Gasteiger partial charge >= 0.3 is 6.09 Å². The van der Waals surface area contributed by atoms with Crippen LogP contribution in [0.25, 0.3) is 0 Å². The van der Waals surface area contributed by atoms with Crippen LogP contribution in [0.5, 0.6) is 5.75 Å². The second-order valence-electron chi connectivity index (χ2n) is 4.66. The maximum absolute atomic E-state index is 11.6. The SMILES string of the molecule is COc1cnc(CO)cc1NC(=O)OC(C)(C)C. The third-order valence-corrected chi connectivity index (χ3v) is 1.94. The summed E-state index contributed by atoms with van der Waals surface area (Å²) in [5.41, 5.74) is 0.261. The number of rotatable bonds is 3. The van der Waals surface area contributed by atoms with Crippen LogP contribution in [0.1, 0.15) is 26.5 Å². The molecule has 1 aromatic heterocycles. The van der Waals surface area contributed by atoms with E-state index in [0.29, 0.717) is 17.1 Å². The van der Waals surface area contributed by atoms with Crippen LogP contribution in [0.4, 0.5) is 10.5 Å². The molecule has 0 bridgehead atoms. The van der Waals surface area contributed by atoms with Crippen LogP contribution < -0.4 is 10.1 Å². The molecule has 2 N–H and O–H groups in total. The molecule has 1 rings (SSSR count). The summed E-state index contributed by atoms with van der Waals surface area (Å²) < 4.78 is 10.2. The summed E-state index contributed by atoms with van der Waals surface area (Å²) in [6.45, 7) is 5.10. The molecule has 6 nitrogen and oxygen atoms in total. The van der Waals surface area contributed by atoms with Gasteiger partial charge in [0.05, 0.1) is 31.3 Å². The molecule has 1 amide bonds. The number of nitrogens with one attached hydrogen (secondary N) is 1. The number of carbonyl (C=O) groups is 1. The normalized spacial score (nSPS) is 10.9. The highest BCUT2D eigenvalue weighted by Crippen LogP contribution is 2.24. The molecule has 0 saturated heterocycles.